The lowest BCUT2D eigenvalue weighted by Crippen LogP contribution is -2.30. The average Bonchev–Trinajstić information content (AvgIpc) is 3.27. The predicted molar refractivity (Wildman–Crippen MR) is 265 cm³/mol. The van der Waals surface area contributed by atoms with Gasteiger partial charge in [-0.1, -0.05) is 223 Å². The van der Waals surface area contributed by atoms with Crippen LogP contribution in [0.3, 0.4) is 0 Å². The first kappa shape index (κ1) is 59.4. The highest BCUT2D eigenvalue weighted by molar-refractivity contribution is 5.71. The Hall–Kier alpha value is -2.63. The number of rotatable bonds is 48. The lowest BCUT2D eigenvalue weighted by Gasteiger charge is -2.18. The van der Waals surface area contributed by atoms with Crippen LogP contribution in [-0.2, 0) is 28.6 Å². The second kappa shape index (κ2) is 51.0. The van der Waals surface area contributed by atoms with Crippen LogP contribution in [0.1, 0.15) is 271 Å². The molecule has 6 nitrogen and oxygen atoms in total. The quantitative estimate of drug-likeness (QED) is 0.0262. The van der Waals surface area contributed by atoms with E-state index in [1.165, 1.54) is 128 Å². The minimum absolute atomic E-state index is 0.0807. The zero-order valence-electron chi connectivity index (χ0n) is 41.1. The van der Waals surface area contributed by atoms with Gasteiger partial charge in [-0.05, 0) is 77.0 Å². The molecule has 360 valence electrons. The van der Waals surface area contributed by atoms with Crippen molar-refractivity contribution in [1.82, 2.24) is 0 Å². The standard InChI is InChI=1S/C56H100O6/c1-4-7-10-13-16-19-22-25-28-31-34-37-40-43-46-49-55(58)61-52-53(51-60-54(57)48-45-42-39-36-33-30-27-24-21-18-15-12-9-6-3)62-56(59)50-47-44-41-38-35-32-29-26-23-20-17-14-11-8-5-2/h7,10,16,19,24-25,27-28,53H,4-6,8-9,11-15,17-18,20-23,26,29-52H2,1-3H3/b10-7-,19-16-,27-24-,28-25-/t53-/m1/s1. The van der Waals surface area contributed by atoms with Crippen molar-refractivity contribution in [2.75, 3.05) is 13.2 Å². The fourth-order valence-corrected chi connectivity index (χ4v) is 7.57. The molecular weight excluding hydrogens is 769 g/mol. The third-order valence-corrected chi connectivity index (χ3v) is 11.6. The Bertz CT molecular complexity index is 1090. The van der Waals surface area contributed by atoms with Crippen molar-refractivity contribution >= 4 is 17.9 Å². The fraction of sp³-hybridized carbons (Fsp3) is 0.804. The van der Waals surface area contributed by atoms with Crippen LogP contribution >= 0.6 is 0 Å². The summed E-state index contributed by atoms with van der Waals surface area (Å²) in [6.45, 7) is 6.52. The number of carbonyl (C=O) groups excluding carboxylic acids is 3. The maximum Gasteiger partial charge on any atom is 0.306 e. The van der Waals surface area contributed by atoms with Crippen LogP contribution in [0.25, 0.3) is 0 Å². The summed E-state index contributed by atoms with van der Waals surface area (Å²) in [5.41, 5.74) is 0. The van der Waals surface area contributed by atoms with E-state index < -0.39 is 6.10 Å². The van der Waals surface area contributed by atoms with E-state index in [1.807, 2.05) is 0 Å². The van der Waals surface area contributed by atoms with Crippen molar-refractivity contribution < 1.29 is 28.6 Å². The summed E-state index contributed by atoms with van der Waals surface area (Å²) in [5, 5.41) is 0. The maximum atomic E-state index is 12.8. The normalized spacial score (nSPS) is 12.4. The fourth-order valence-electron chi connectivity index (χ4n) is 7.57. The molecule has 0 bridgehead atoms. The Kier molecular flexibility index (Phi) is 48.8. The second-order valence-corrected chi connectivity index (χ2v) is 17.8. The van der Waals surface area contributed by atoms with Crippen molar-refractivity contribution in [3.8, 4) is 0 Å². The van der Waals surface area contributed by atoms with Gasteiger partial charge in [-0.3, -0.25) is 14.4 Å². The summed E-state index contributed by atoms with van der Waals surface area (Å²) in [7, 11) is 0. The molecule has 0 spiro atoms. The average molecular weight is 869 g/mol. The molecule has 0 fully saturated rings. The summed E-state index contributed by atoms with van der Waals surface area (Å²) in [6, 6.07) is 0. The number of allylic oxidation sites excluding steroid dienone is 8. The molecule has 0 N–H and O–H groups in total. The van der Waals surface area contributed by atoms with Crippen LogP contribution in [0.4, 0.5) is 0 Å². The Morgan fingerprint density at radius 1 is 0.339 bits per heavy atom. The molecule has 62 heavy (non-hydrogen) atoms. The first-order valence-corrected chi connectivity index (χ1v) is 26.6. The summed E-state index contributed by atoms with van der Waals surface area (Å²) in [6.07, 6.45) is 60.9. The van der Waals surface area contributed by atoms with Gasteiger partial charge in [0.2, 0.25) is 0 Å². The Labute approximate surface area is 384 Å². The molecule has 6 heteroatoms. The van der Waals surface area contributed by atoms with E-state index in [-0.39, 0.29) is 31.1 Å². The van der Waals surface area contributed by atoms with Crippen LogP contribution in [0.5, 0.6) is 0 Å². The maximum absolute atomic E-state index is 12.8. The van der Waals surface area contributed by atoms with Gasteiger partial charge in [0.25, 0.3) is 0 Å². The molecular formula is C56H100O6. The first-order chi connectivity index (χ1) is 30.5. The number of hydrogen-bond acceptors (Lipinski definition) is 6. The minimum atomic E-state index is -0.780. The Morgan fingerprint density at radius 3 is 1.00 bits per heavy atom. The van der Waals surface area contributed by atoms with Gasteiger partial charge >= 0.3 is 17.9 Å². The molecule has 0 aromatic carbocycles. The van der Waals surface area contributed by atoms with E-state index in [0.29, 0.717) is 19.3 Å². The summed E-state index contributed by atoms with van der Waals surface area (Å²) < 4.78 is 16.8. The highest BCUT2D eigenvalue weighted by Crippen LogP contribution is 2.16. The van der Waals surface area contributed by atoms with Gasteiger partial charge in [-0.25, -0.2) is 0 Å². The van der Waals surface area contributed by atoms with Gasteiger partial charge in [0, 0.05) is 19.3 Å². The Morgan fingerprint density at radius 2 is 0.629 bits per heavy atom. The zero-order valence-corrected chi connectivity index (χ0v) is 41.1. The topological polar surface area (TPSA) is 78.9 Å². The number of ether oxygens (including phenoxy) is 3. The predicted octanol–water partition coefficient (Wildman–Crippen LogP) is 17.5. The van der Waals surface area contributed by atoms with Crippen LogP contribution in [-0.4, -0.2) is 37.2 Å². The third-order valence-electron chi connectivity index (χ3n) is 11.6. The molecule has 0 aromatic heterocycles. The monoisotopic (exact) mass is 869 g/mol. The zero-order chi connectivity index (χ0) is 45.1. The molecule has 0 saturated carbocycles. The van der Waals surface area contributed by atoms with Crippen molar-refractivity contribution in [3.05, 3.63) is 48.6 Å². The molecule has 0 radical (unpaired) electrons. The molecule has 0 rings (SSSR count). The van der Waals surface area contributed by atoms with E-state index in [0.717, 1.165) is 103 Å². The van der Waals surface area contributed by atoms with Crippen molar-refractivity contribution in [3.63, 3.8) is 0 Å². The van der Waals surface area contributed by atoms with Crippen molar-refractivity contribution in [2.24, 2.45) is 0 Å². The molecule has 0 aliphatic heterocycles. The van der Waals surface area contributed by atoms with E-state index >= 15 is 0 Å². The SMILES string of the molecule is CC/C=C\C/C=C\C/C=C\CCCCCCCC(=O)OC[C@@H](COC(=O)CCCCCCC/C=C\CCCCCCC)OC(=O)CCCCCCCCCCCCCCCCC. The minimum Gasteiger partial charge on any atom is -0.462 e. The first-order valence-electron chi connectivity index (χ1n) is 26.6. The molecule has 0 aliphatic carbocycles. The molecule has 0 aromatic rings. The highest BCUT2D eigenvalue weighted by Gasteiger charge is 2.19. The van der Waals surface area contributed by atoms with Gasteiger partial charge in [0.15, 0.2) is 6.10 Å². The van der Waals surface area contributed by atoms with Crippen LogP contribution < -0.4 is 0 Å². The molecule has 0 heterocycles. The van der Waals surface area contributed by atoms with Crippen LogP contribution in [0.15, 0.2) is 48.6 Å². The van der Waals surface area contributed by atoms with Crippen LogP contribution in [0.2, 0.25) is 0 Å². The van der Waals surface area contributed by atoms with Gasteiger partial charge in [-0.15, -0.1) is 0 Å². The Balaban J connectivity index is 4.39. The lowest BCUT2D eigenvalue weighted by atomic mass is 10.0. The number of unbranched alkanes of at least 4 members (excludes halogenated alkanes) is 29. The van der Waals surface area contributed by atoms with E-state index in [4.69, 9.17) is 14.2 Å². The van der Waals surface area contributed by atoms with Gasteiger partial charge in [-0.2, -0.15) is 0 Å². The van der Waals surface area contributed by atoms with E-state index in [9.17, 15) is 14.4 Å². The molecule has 0 unspecified atom stereocenters. The summed E-state index contributed by atoms with van der Waals surface area (Å²) in [4.78, 5) is 38.0. The van der Waals surface area contributed by atoms with Crippen LogP contribution in [0, 0.1) is 0 Å². The number of hydrogen-bond donors (Lipinski definition) is 0. The number of esters is 3. The molecule has 0 saturated heterocycles. The van der Waals surface area contributed by atoms with Gasteiger partial charge < -0.3 is 14.2 Å². The summed E-state index contributed by atoms with van der Waals surface area (Å²) in [5.74, 6) is -0.895. The van der Waals surface area contributed by atoms with Gasteiger partial charge in [0.1, 0.15) is 13.2 Å². The summed E-state index contributed by atoms with van der Waals surface area (Å²) >= 11 is 0. The highest BCUT2D eigenvalue weighted by atomic mass is 16.6. The van der Waals surface area contributed by atoms with E-state index in [2.05, 4.69) is 69.4 Å². The van der Waals surface area contributed by atoms with Crippen molar-refractivity contribution in [2.45, 2.75) is 277 Å². The molecule has 0 aliphatic rings. The number of carbonyl (C=O) groups is 3. The van der Waals surface area contributed by atoms with Crippen molar-refractivity contribution in [1.29, 1.82) is 0 Å². The smallest absolute Gasteiger partial charge is 0.306 e. The van der Waals surface area contributed by atoms with E-state index in [1.54, 1.807) is 0 Å². The molecule has 1 atom stereocenters. The largest absolute Gasteiger partial charge is 0.462 e. The second-order valence-electron chi connectivity index (χ2n) is 17.8. The molecule has 0 amide bonds. The lowest BCUT2D eigenvalue weighted by molar-refractivity contribution is -0.167. The third kappa shape index (κ3) is 48.4. The van der Waals surface area contributed by atoms with Gasteiger partial charge in [0.05, 0.1) is 0 Å².